The van der Waals surface area contributed by atoms with E-state index < -0.39 is 10.9 Å². The Morgan fingerprint density at radius 3 is 2.59 bits per heavy atom. The lowest BCUT2D eigenvalue weighted by atomic mass is 10.3. The van der Waals surface area contributed by atoms with Crippen LogP contribution < -0.4 is 0 Å². The van der Waals surface area contributed by atoms with Gasteiger partial charge in [-0.2, -0.15) is 0 Å². The van der Waals surface area contributed by atoms with Crippen molar-refractivity contribution < 1.29 is 14.8 Å². The molecule has 0 saturated carbocycles. The number of aromatic nitrogens is 1. The third-order valence-corrected chi connectivity index (χ3v) is 3.12. The lowest BCUT2D eigenvalue weighted by Gasteiger charge is -1.95. The van der Waals surface area contributed by atoms with Gasteiger partial charge in [0.15, 0.2) is 0 Å². The molecule has 7 heteroatoms. The summed E-state index contributed by atoms with van der Waals surface area (Å²) in [5.41, 5.74) is 0.428. The van der Waals surface area contributed by atoms with Crippen LogP contribution in [0.1, 0.15) is 9.67 Å². The van der Waals surface area contributed by atoms with Gasteiger partial charge < -0.3 is 5.11 Å². The van der Waals surface area contributed by atoms with E-state index in [0.717, 1.165) is 17.5 Å². The van der Waals surface area contributed by atoms with Crippen LogP contribution in [0.5, 0.6) is 0 Å². The fraction of sp³-hybridized carbons (Fsp3) is 0. The molecule has 0 radical (unpaired) electrons. The van der Waals surface area contributed by atoms with E-state index >= 15 is 0 Å². The first kappa shape index (κ1) is 11.2. The number of rotatable bonds is 3. The predicted octanol–water partition coefficient (Wildman–Crippen LogP) is 2.42. The molecule has 0 saturated heterocycles. The van der Waals surface area contributed by atoms with Crippen molar-refractivity contribution in [3.05, 3.63) is 45.5 Å². The Balaban J connectivity index is 2.33. The Morgan fingerprint density at radius 1 is 1.35 bits per heavy atom. The van der Waals surface area contributed by atoms with Crippen LogP contribution in [0, 0.1) is 10.1 Å². The van der Waals surface area contributed by atoms with Gasteiger partial charge in [-0.1, -0.05) is 0 Å². The smallest absolute Gasteiger partial charge is 0.345 e. The minimum atomic E-state index is -0.997. The number of carboxylic acids is 1. The molecule has 0 amide bonds. The van der Waals surface area contributed by atoms with Crippen molar-refractivity contribution in [2.45, 2.75) is 0 Å². The Kier molecular flexibility index (Phi) is 2.84. The summed E-state index contributed by atoms with van der Waals surface area (Å²) in [4.78, 5) is 25.4. The van der Waals surface area contributed by atoms with Gasteiger partial charge in [0.2, 0.25) is 0 Å². The van der Waals surface area contributed by atoms with Crippen LogP contribution >= 0.6 is 11.3 Å². The highest BCUT2D eigenvalue weighted by Crippen LogP contribution is 2.27. The van der Waals surface area contributed by atoms with Crippen molar-refractivity contribution >= 4 is 23.0 Å². The summed E-state index contributed by atoms with van der Waals surface area (Å²) < 4.78 is 0. The maximum Gasteiger partial charge on any atom is 0.345 e. The van der Waals surface area contributed by atoms with Gasteiger partial charge in [0.25, 0.3) is 5.69 Å². The van der Waals surface area contributed by atoms with Gasteiger partial charge in [0, 0.05) is 6.07 Å². The Bertz CT molecular complexity index is 576. The van der Waals surface area contributed by atoms with Crippen LogP contribution in [-0.4, -0.2) is 21.0 Å². The summed E-state index contributed by atoms with van der Waals surface area (Å²) in [6.07, 6.45) is 1.15. The first-order valence-corrected chi connectivity index (χ1v) is 5.33. The van der Waals surface area contributed by atoms with E-state index in [1.165, 1.54) is 18.2 Å². The summed E-state index contributed by atoms with van der Waals surface area (Å²) in [6.45, 7) is 0. The van der Waals surface area contributed by atoms with Crippen molar-refractivity contribution in [2.75, 3.05) is 0 Å². The van der Waals surface area contributed by atoms with Crippen molar-refractivity contribution in [1.82, 2.24) is 4.98 Å². The summed E-state index contributed by atoms with van der Waals surface area (Å²) in [6, 6.07) is 5.94. The van der Waals surface area contributed by atoms with Crippen LogP contribution in [0.2, 0.25) is 0 Å². The van der Waals surface area contributed by atoms with Crippen LogP contribution in [0.25, 0.3) is 10.6 Å². The van der Waals surface area contributed by atoms with E-state index in [9.17, 15) is 14.9 Å². The van der Waals surface area contributed by atoms with Crippen LogP contribution in [0.15, 0.2) is 30.5 Å². The molecule has 0 aliphatic heterocycles. The zero-order valence-electron chi connectivity index (χ0n) is 8.36. The zero-order valence-corrected chi connectivity index (χ0v) is 9.18. The third kappa shape index (κ3) is 2.28. The number of aromatic carboxylic acids is 1. The Morgan fingerprint density at radius 2 is 2.12 bits per heavy atom. The molecule has 2 aromatic heterocycles. The molecule has 1 N–H and O–H groups in total. The monoisotopic (exact) mass is 250 g/mol. The molecule has 0 aliphatic carbocycles. The number of nitrogens with zero attached hydrogens (tertiary/aromatic N) is 2. The second-order valence-electron chi connectivity index (χ2n) is 3.13. The second-order valence-corrected chi connectivity index (χ2v) is 4.21. The highest BCUT2D eigenvalue weighted by atomic mass is 32.1. The number of carbonyl (C=O) groups is 1. The number of pyridine rings is 1. The Labute approximate surface area is 99.3 Å². The number of hydrogen-bond donors (Lipinski definition) is 1. The average Bonchev–Trinajstić information content (AvgIpc) is 2.78. The van der Waals surface area contributed by atoms with Gasteiger partial charge in [-0.3, -0.25) is 10.1 Å². The van der Waals surface area contributed by atoms with Gasteiger partial charge in [-0.25, -0.2) is 9.78 Å². The molecule has 0 fully saturated rings. The fourth-order valence-corrected chi connectivity index (χ4v) is 2.05. The molecular weight excluding hydrogens is 244 g/mol. The predicted molar refractivity (Wildman–Crippen MR) is 61.2 cm³/mol. The summed E-state index contributed by atoms with van der Waals surface area (Å²) in [7, 11) is 0. The van der Waals surface area contributed by atoms with E-state index in [0.29, 0.717) is 10.6 Å². The van der Waals surface area contributed by atoms with Gasteiger partial charge in [-0.05, 0) is 18.2 Å². The summed E-state index contributed by atoms with van der Waals surface area (Å²) in [5.74, 6) is -0.997. The first-order chi connectivity index (χ1) is 8.08. The third-order valence-electron chi connectivity index (χ3n) is 2.03. The molecule has 0 spiro atoms. The molecule has 0 atom stereocenters. The molecule has 2 heterocycles. The molecule has 0 aromatic carbocycles. The topological polar surface area (TPSA) is 93.3 Å². The molecule has 86 valence electrons. The summed E-state index contributed by atoms with van der Waals surface area (Å²) >= 11 is 1.08. The highest BCUT2D eigenvalue weighted by Gasteiger charge is 2.11. The van der Waals surface area contributed by atoms with E-state index in [1.807, 2.05) is 0 Å². The van der Waals surface area contributed by atoms with Crippen LogP contribution in [-0.2, 0) is 0 Å². The number of carboxylic acid groups (broad SMARTS) is 1. The van der Waals surface area contributed by atoms with Gasteiger partial charge in [0.1, 0.15) is 11.1 Å². The lowest BCUT2D eigenvalue weighted by molar-refractivity contribution is -0.385. The second kappa shape index (κ2) is 4.30. The number of nitro groups is 1. The summed E-state index contributed by atoms with van der Waals surface area (Å²) in [5, 5.41) is 19.2. The average molecular weight is 250 g/mol. The lowest BCUT2D eigenvalue weighted by Crippen LogP contribution is -1.90. The quantitative estimate of drug-likeness (QED) is 0.666. The molecule has 0 unspecified atom stereocenters. The van der Waals surface area contributed by atoms with Gasteiger partial charge in [-0.15, -0.1) is 11.3 Å². The van der Waals surface area contributed by atoms with E-state index in [2.05, 4.69) is 4.98 Å². The SMILES string of the molecule is O=C(O)c1ccc(-c2ccc([N+](=O)[O-])cn2)s1. The number of hydrogen-bond acceptors (Lipinski definition) is 5. The van der Waals surface area contributed by atoms with Crippen LogP contribution in [0.4, 0.5) is 5.69 Å². The van der Waals surface area contributed by atoms with Gasteiger partial charge in [0.05, 0.1) is 15.5 Å². The maximum absolute atomic E-state index is 10.7. The highest BCUT2D eigenvalue weighted by molar-refractivity contribution is 7.17. The first-order valence-electron chi connectivity index (χ1n) is 4.52. The van der Waals surface area contributed by atoms with E-state index in [1.54, 1.807) is 6.07 Å². The molecule has 0 aliphatic rings. The molecule has 2 rings (SSSR count). The minimum Gasteiger partial charge on any atom is -0.477 e. The van der Waals surface area contributed by atoms with E-state index in [-0.39, 0.29) is 10.6 Å². The van der Waals surface area contributed by atoms with Crippen molar-refractivity contribution in [1.29, 1.82) is 0 Å². The fourth-order valence-electron chi connectivity index (χ4n) is 1.23. The van der Waals surface area contributed by atoms with Crippen molar-refractivity contribution in [2.24, 2.45) is 0 Å². The van der Waals surface area contributed by atoms with Crippen molar-refractivity contribution in [3.8, 4) is 10.6 Å². The Hall–Kier alpha value is -2.28. The molecular formula is C10H6N2O4S. The molecule has 6 nitrogen and oxygen atoms in total. The standard InChI is InChI=1S/C10H6N2O4S/c13-10(14)9-4-3-8(17-9)7-2-1-6(5-11-7)12(15)16/h1-5H,(H,13,14). The molecule has 17 heavy (non-hydrogen) atoms. The maximum atomic E-state index is 10.7. The number of thiophene rings is 1. The molecule has 2 aromatic rings. The van der Waals surface area contributed by atoms with Crippen LogP contribution in [0.3, 0.4) is 0 Å². The molecule has 0 bridgehead atoms. The minimum absolute atomic E-state index is 0.0937. The van der Waals surface area contributed by atoms with Gasteiger partial charge >= 0.3 is 5.97 Å². The largest absolute Gasteiger partial charge is 0.477 e. The van der Waals surface area contributed by atoms with E-state index in [4.69, 9.17) is 5.11 Å². The normalized spacial score (nSPS) is 10.1. The zero-order chi connectivity index (χ0) is 12.4. The van der Waals surface area contributed by atoms with Crippen molar-refractivity contribution in [3.63, 3.8) is 0 Å².